The van der Waals surface area contributed by atoms with Gasteiger partial charge in [0, 0.05) is 6.08 Å². The summed E-state index contributed by atoms with van der Waals surface area (Å²) in [5, 5.41) is 0. The Labute approximate surface area is 132 Å². The molecule has 0 atom stereocenters. The molecule has 1 amide bonds. The summed E-state index contributed by atoms with van der Waals surface area (Å²) < 4.78 is 4.50. The summed E-state index contributed by atoms with van der Waals surface area (Å²) in [6, 6.07) is 5.52. The van der Waals surface area contributed by atoms with Gasteiger partial charge in [0.1, 0.15) is 4.49 Å². The number of carbonyl (C=O) groups excluding carboxylic acids is 2. The number of anilines is 1. The monoisotopic (exact) mass is 325 g/mol. The number of methoxy groups -OCH3 is 1. The van der Waals surface area contributed by atoms with E-state index in [1.807, 2.05) is 26.0 Å². The van der Waals surface area contributed by atoms with Gasteiger partial charge in [0.05, 0.1) is 24.1 Å². The molecule has 0 spiro atoms. The van der Waals surface area contributed by atoms with Crippen LogP contribution in [0.25, 0.3) is 0 Å². The molecule has 110 valence electrons. The first-order valence-electron chi connectivity index (χ1n) is 6.14. The van der Waals surface area contributed by atoms with E-state index in [0.29, 0.717) is 5.69 Å². The van der Waals surface area contributed by atoms with Crippen molar-refractivity contribution in [3.8, 4) is 0 Å². The van der Waals surface area contributed by atoms with Crippen LogP contribution in [0.2, 0.25) is 0 Å². The molecule has 0 radical (unpaired) electrons. The Morgan fingerprint density at radius 2 is 1.90 bits per heavy atom. The highest BCUT2D eigenvalue weighted by Crippen LogP contribution is 2.37. The van der Waals surface area contributed by atoms with Gasteiger partial charge in [-0.3, -0.25) is 9.69 Å². The second-order valence-electron chi connectivity index (χ2n) is 4.55. The van der Waals surface area contributed by atoms with Crippen LogP contribution >= 0.6 is 23.2 Å². The Balaban J connectivity index is 2.61. The molecule has 0 aromatic heterocycles. The van der Waals surface area contributed by atoms with Crippen molar-refractivity contribution in [2.24, 2.45) is 0 Å². The molecule has 21 heavy (non-hydrogen) atoms. The number of esters is 1. The van der Waals surface area contributed by atoms with Crippen LogP contribution in [-0.4, -0.2) is 19.0 Å². The Morgan fingerprint density at radius 3 is 2.48 bits per heavy atom. The Morgan fingerprint density at radius 1 is 1.24 bits per heavy atom. The van der Waals surface area contributed by atoms with Crippen molar-refractivity contribution < 1.29 is 14.3 Å². The minimum absolute atomic E-state index is 0.0448. The van der Waals surface area contributed by atoms with Crippen LogP contribution in [0.4, 0.5) is 5.69 Å². The van der Waals surface area contributed by atoms with Crippen LogP contribution in [0.15, 0.2) is 40.0 Å². The van der Waals surface area contributed by atoms with Gasteiger partial charge in [0.2, 0.25) is 0 Å². The number of hydrogen-bond donors (Lipinski definition) is 0. The lowest BCUT2D eigenvalue weighted by molar-refractivity contribution is -0.135. The molecule has 1 aliphatic rings. The number of amides is 1. The number of halogens is 2. The summed E-state index contributed by atoms with van der Waals surface area (Å²) >= 11 is 11.8. The van der Waals surface area contributed by atoms with Gasteiger partial charge in [0.25, 0.3) is 5.91 Å². The number of benzene rings is 1. The van der Waals surface area contributed by atoms with Crippen molar-refractivity contribution in [2.45, 2.75) is 13.8 Å². The minimum Gasteiger partial charge on any atom is -0.465 e. The van der Waals surface area contributed by atoms with Gasteiger partial charge in [-0.25, -0.2) is 4.79 Å². The lowest BCUT2D eigenvalue weighted by Gasteiger charge is -2.22. The smallest absolute Gasteiger partial charge is 0.340 e. The molecule has 0 aliphatic carbocycles. The molecule has 1 aromatic carbocycles. The van der Waals surface area contributed by atoms with Crippen LogP contribution in [0.1, 0.15) is 11.1 Å². The molecule has 1 heterocycles. The summed E-state index contributed by atoms with van der Waals surface area (Å²) in [6.45, 7) is 3.81. The van der Waals surface area contributed by atoms with Crippen LogP contribution in [0.3, 0.4) is 0 Å². The summed E-state index contributed by atoms with van der Waals surface area (Å²) in [6.07, 6.45) is 1.17. The maximum absolute atomic E-state index is 12.3. The third-order valence-corrected chi connectivity index (χ3v) is 3.73. The number of carbonyl (C=O) groups is 2. The molecule has 1 aliphatic heterocycles. The van der Waals surface area contributed by atoms with Crippen molar-refractivity contribution in [2.75, 3.05) is 12.0 Å². The van der Waals surface area contributed by atoms with Gasteiger partial charge in [0.15, 0.2) is 0 Å². The average molecular weight is 326 g/mol. The Kier molecular flexibility index (Phi) is 4.40. The molecular formula is C15H13Cl2NO3. The number of rotatable bonds is 2. The first-order chi connectivity index (χ1) is 9.88. The molecule has 1 aromatic rings. The van der Waals surface area contributed by atoms with E-state index >= 15 is 0 Å². The van der Waals surface area contributed by atoms with Gasteiger partial charge in [-0.05, 0) is 31.0 Å². The average Bonchev–Trinajstić information content (AvgIpc) is 2.78. The van der Waals surface area contributed by atoms with E-state index in [1.54, 1.807) is 6.07 Å². The number of ether oxygens (including phenoxy) is 1. The molecule has 0 fully saturated rings. The largest absolute Gasteiger partial charge is 0.465 e. The van der Waals surface area contributed by atoms with Crippen molar-refractivity contribution >= 4 is 40.8 Å². The number of aryl methyl sites for hydroxylation is 1. The Bertz CT molecular complexity index is 688. The quantitative estimate of drug-likeness (QED) is 0.783. The number of hydrogen-bond acceptors (Lipinski definition) is 3. The predicted octanol–water partition coefficient (Wildman–Crippen LogP) is 3.40. The van der Waals surface area contributed by atoms with Crippen LogP contribution in [-0.2, 0) is 14.3 Å². The standard InChI is InChI=1S/C15H13Cl2NO3/c1-8-5-4-6-11(9(8)2)18-12(19)7-10(15(20)21-3)13(18)14(16)17/h4-7H,1-3H3. The minimum atomic E-state index is -0.662. The van der Waals surface area contributed by atoms with E-state index in [9.17, 15) is 9.59 Å². The van der Waals surface area contributed by atoms with E-state index in [2.05, 4.69) is 4.74 Å². The van der Waals surface area contributed by atoms with Gasteiger partial charge in [-0.2, -0.15) is 0 Å². The molecule has 0 saturated carbocycles. The first kappa shape index (κ1) is 15.6. The maximum atomic E-state index is 12.3. The zero-order valence-corrected chi connectivity index (χ0v) is 13.2. The molecule has 0 N–H and O–H groups in total. The first-order valence-corrected chi connectivity index (χ1v) is 6.90. The molecule has 0 bridgehead atoms. The summed E-state index contributed by atoms with van der Waals surface area (Å²) in [7, 11) is 1.23. The van der Waals surface area contributed by atoms with Crippen LogP contribution < -0.4 is 4.90 Å². The Hall–Kier alpha value is -1.78. The second-order valence-corrected chi connectivity index (χ2v) is 5.50. The molecule has 6 heteroatoms. The second kappa shape index (κ2) is 5.92. The summed E-state index contributed by atoms with van der Waals surface area (Å²) in [5.41, 5.74) is 2.73. The lowest BCUT2D eigenvalue weighted by Crippen LogP contribution is -2.26. The van der Waals surface area contributed by atoms with Gasteiger partial charge in [-0.15, -0.1) is 0 Å². The zero-order valence-electron chi connectivity index (χ0n) is 11.7. The van der Waals surface area contributed by atoms with Crippen molar-refractivity contribution in [3.05, 3.63) is 51.2 Å². The zero-order chi connectivity index (χ0) is 15.7. The topological polar surface area (TPSA) is 46.6 Å². The van der Waals surface area contributed by atoms with Crippen molar-refractivity contribution in [1.82, 2.24) is 0 Å². The van der Waals surface area contributed by atoms with Crippen LogP contribution in [0.5, 0.6) is 0 Å². The van der Waals surface area contributed by atoms with Gasteiger partial charge in [-0.1, -0.05) is 35.3 Å². The van der Waals surface area contributed by atoms with Crippen molar-refractivity contribution in [3.63, 3.8) is 0 Å². The fraction of sp³-hybridized carbons (Fsp3) is 0.200. The lowest BCUT2D eigenvalue weighted by atomic mass is 10.1. The summed E-state index contributed by atoms with van der Waals surface area (Å²) in [5.74, 6) is -1.05. The molecule has 2 rings (SSSR count). The van der Waals surface area contributed by atoms with E-state index in [-0.39, 0.29) is 15.8 Å². The molecule has 0 unspecified atom stereocenters. The van der Waals surface area contributed by atoms with E-state index < -0.39 is 11.9 Å². The highest BCUT2D eigenvalue weighted by atomic mass is 35.5. The fourth-order valence-electron chi connectivity index (χ4n) is 2.16. The highest BCUT2D eigenvalue weighted by Gasteiger charge is 2.35. The normalized spacial score (nSPS) is 14.3. The predicted molar refractivity (Wildman–Crippen MR) is 82.2 cm³/mol. The molecule has 0 saturated heterocycles. The molecule has 4 nitrogen and oxygen atoms in total. The van der Waals surface area contributed by atoms with Gasteiger partial charge >= 0.3 is 5.97 Å². The third kappa shape index (κ3) is 2.69. The van der Waals surface area contributed by atoms with Gasteiger partial charge < -0.3 is 4.74 Å². The van der Waals surface area contributed by atoms with Crippen LogP contribution in [0, 0.1) is 13.8 Å². The fourth-order valence-corrected chi connectivity index (χ4v) is 2.53. The SMILES string of the molecule is COC(=O)C1=CC(=O)N(c2cccc(C)c2C)C1=C(Cl)Cl. The maximum Gasteiger partial charge on any atom is 0.340 e. The highest BCUT2D eigenvalue weighted by molar-refractivity contribution is 6.57. The van der Waals surface area contributed by atoms with Crippen molar-refractivity contribution in [1.29, 1.82) is 0 Å². The van der Waals surface area contributed by atoms with E-state index in [1.165, 1.54) is 18.1 Å². The summed E-state index contributed by atoms with van der Waals surface area (Å²) in [4.78, 5) is 25.4. The molecular weight excluding hydrogens is 313 g/mol. The third-order valence-electron chi connectivity index (χ3n) is 3.37. The van der Waals surface area contributed by atoms with E-state index in [4.69, 9.17) is 23.2 Å². The van der Waals surface area contributed by atoms with E-state index in [0.717, 1.165) is 11.1 Å². The number of nitrogens with zero attached hydrogens (tertiary/aromatic N) is 1.